The van der Waals surface area contributed by atoms with Crippen molar-refractivity contribution in [3.8, 4) is 0 Å². The zero-order chi connectivity index (χ0) is 19.5. The molecule has 0 unspecified atom stereocenters. The number of hydrazine groups is 1. The van der Waals surface area contributed by atoms with Gasteiger partial charge in [-0.25, -0.2) is 4.39 Å². The summed E-state index contributed by atoms with van der Waals surface area (Å²) in [6.07, 6.45) is 4.88. The fraction of sp³-hybridized carbons (Fsp3) is 0.350. The van der Waals surface area contributed by atoms with Crippen molar-refractivity contribution in [2.75, 3.05) is 0 Å². The van der Waals surface area contributed by atoms with Gasteiger partial charge >= 0.3 is 0 Å². The number of halogens is 1. The Bertz CT molecular complexity index is 917. The third-order valence-corrected chi connectivity index (χ3v) is 6.12. The van der Waals surface area contributed by atoms with E-state index in [0.29, 0.717) is 16.2 Å². The van der Waals surface area contributed by atoms with Crippen LogP contribution in [0.5, 0.6) is 0 Å². The fourth-order valence-electron chi connectivity index (χ4n) is 3.40. The maximum atomic E-state index is 13.3. The van der Waals surface area contributed by atoms with Gasteiger partial charge in [-0.1, -0.05) is 23.7 Å². The molecule has 28 heavy (non-hydrogen) atoms. The van der Waals surface area contributed by atoms with E-state index < -0.39 is 12.0 Å². The number of carbonyl (C=O) groups excluding carboxylic acids is 2. The van der Waals surface area contributed by atoms with Crippen molar-refractivity contribution < 1.29 is 18.8 Å². The summed E-state index contributed by atoms with van der Waals surface area (Å²) in [6.45, 7) is 0. The van der Waals surface area contributed by atoms with E-state index in [1.165, 1.54) is 40.3 Å². The third-order valence-electron chi connectivity index (χ3n) is 4.89. The van der Waals surface area contributed by atoms with Crippen molar-refractivity contribution in [3.05, 3.63) is 57.0 Å². The van der Waals surface area contributed by atoms with E-state index in [1.54, 1.807) is 12.1 Å². The summed E-state index contributed by atoms with van der Waals surface area (Å²) in [7, 11) is 0. The van der Waals surface area contributed by atoms with E-state index in [2.05, 4.69) is 16.0 Å². The normalized spacial score (nSPS) is 18.5. The molecule has 2 aliphatic rings. The lowest BCUT2D eigenvalue weighted by molar-refractivity contribution is -0.131. The molecule has 1 atom stereocenters. The molecule has 8 heteroatoms. The average molecular weight is 401 g/mol. The molecule has 0 fully saturated rings. The highest BCUT2D eigenvalue weighted by Gasteiger charge is 2.29. The number of hydrogen-bond acceptors (Lipinski definition) is 5. The molecule has 2 aromatic rings. The van der Waals surface area contributed by atoms with Gasteiger partial charge in [-0.2, -0.15) is 0 Å². The maximum absolute atomic E-state index is 13.3. The molecule has 0 spiro atoms. The van der Waals surface area contributed by atoms with Crippen LogP contribution in [0.2, 0.25) is 0 Å². The fourth-order valence-corrected chi connectivity index (χ4v) is 4.55. The minimum atomic E-state index is -0.862. The summed E-state index contributed by atoms with van der Waals surface area (Å²) < 4.78 is 13.3. The van der Waals surface area contributed by atoms with Gasteiger partial charge in [-0.15, -0.1) is 11.3 Å². The Hall–Kier alpha value is -2.74. The summed E-state index contributed by atoms with van der Waals surface area (Å²) >= 11 is 1.49. The van der Waals surface area contributed by atoms with E-state index >= 15 is 0 Å². The number of amides is 2. The van der Waals surface area contributed by atoms with Gasteiger partial charge in [-0.05, 0) is 49.4 Å². The van der Waals surface area contributed by atoms with Crippen molar-refractivity contribution in [1.29, 1.82) is 0 Å². The highest BCUT2D eigenvalue weighted by atomic mass is 32.1. The molecule has 2 N–H and O–H groups in total. The van der Waals surface area contributed by atoms with Gasteiger partial charge in [0.05, 0.1) is 10.6 Å². The number of rotatable bonds is 3. The van der Waals surface area contributed by atoms with Gasteiger partial charge in [0.15, 0.2) is 0 Å². The molecule has 0 radical (unpaired) electrons. The SMILES string of the molecule is O=C(NNC(=O)[C@@H]1CC(c2cccc(F)c2)=NO1)c1cc2c(s1)CCCCC2. The second-order valence-electron chi connectivity index (χ2n) is 6.91. The molecule has 0 bridgehead atoms. The Kier molecular flexibility index (Phi) is 5.38. The van der Waals surface area contributed by atoms with E-state index in [9.17, 15) is 14.0 Å². The molecular weight excluding hydrogens is 381 g/mol. The third kappa shape index (κ3) is 4.06. The van der Waals surface area contributed by atoms with Crippen LogP contribution < -0.4 is 10.9 Å². The van der Waals surface area contributed by atoms with Crippen LogP contribution in [0.25, 0.3) is 0 Å². The molecule has 2 heterocycles. The second kappa shape index (κ2) is 8.10. The lowest BCUT2D eigenvalue weighted by Gasteiger charge is -2.10. The number of benzene rings is 1. The summed E-state index contributed by atoms with van der Waals surface area (Å²) in [6, 6.07) is 7.87. The predicted molar refractivity (Wildman–Crippen MR) is 104 cm³/mol. The number of fused-ring (bicyclic) bond motifs is 1. The maximum Gasteiger partial charge on any atom is 0.282 e. The largest absolute Gasteiger partial charge is 0.382 e. The Balaban J connectivity index is 1.31. The smallest absolute Gasteiger partial charge is 0.282 e. The lowest BCUT2D eigenvalue weighted by Crippen LogP contribution is -2.46. The first-order valence-corrected chi connectivity index (χ1v) is 10.1. The zero-order valence-electron chi connectivity index (χ0n) is 15.2. The van der Waals surface area contributed by atoms with Crippen molar-refractivity contribution in [3.63, 3.8) is 0 Å². The Morgan fingerprint density at radius 1 is 1.14 bits per heavy atom. The number of carbonyl (C=O) groups is 2. The molecule has 1 aliphatic carbocycles. The number of nitrogens with zero attached hydrogens (tertiary/aromatic N) is 1. The Labute approximate surface area is 165 Å². The minimum absolute atomic E-state index is 0.207. The van der Waals surface area contributed by atoms with E-state index in [1.807, 2.05) is 6.07 Å². The standard InChI is InChI=1S/C20H20FN3O3S/c21-14-7-4-6-12(9-14)15-11-16(27-24-15)19(25)22-23-20(26)18-10-13-5-2-1-3-8-17(13)28-18/h4,6-7,9-10,16H,1-3,5,8,11H2,(H,22,25)(H,23,26)/t16-/m0/s1. The molecule has 146 valence electrons. The van der Waals surface area contributed by atoms with E-state index in [0.717, 1.165) is 25.7 Å². The first-order valence-electron chi connectivity index (χ1n) is 9.30. The van der Waals surface area contributed by atoms with Crippen LogP contribution in [0, 0.1) is 5.82 Å². The molecule has 4 rings (SSSR count). The first-order chi connectivity index (χ1) is 13.6. The molecule has 0 saturated heterocycles. The zero-order valence-corrected chi connectivity index (χ0v) is 16.0. The number of nitrogens with one attached hydrogen (secondary N) is 2. The van der Waals surface area contributed by atoms with Gasteiger partial charge in [0.25, 0.3) is 11.8 Å². The van der Waals surface area contributed by atoms with Crippen molar-refractivity contribution in [1.82, 2.24) is 10.9 Å². The second-order valence-corrected chi connectivity index (χ2v) is 8.05. The molecule has 6 nitrogen and oxygen atoms in total. The van der Waals surface area contributed by atoms with Crippen molar-refractivity contribution >= 4 is 28.9 Å². The highest BCUT2D eigenvalue weighted by molar-refractivity contribution is 7.14. The molecule has 2 amide bonds. The summed E-state index contributed by atoms with van der Waals surface area (Å²) in [5.41, 5.74) is 7.14. The first kappa shape index (κ1) is 18.6. The predicted octanol–water partition coefficient (Wildman–Crippen LogP) is 3.11. The Morgan fingerprint density at radius 3 is 2.86 bits per heavy atom. The van der Waals surface area contributed by atoms with Crippen molar-refractivity contribution in [2.45, 2.75) is 44.6 Å². The molecule has 1 aromatic carbocycles. The van der Waals surface area contributed by atoms with Gasteiger partial charge in [0.1, 0.15) is 5.82 Å². The van der Waals surface area contributed by atoms with Gasteiger partial charge in [-0.3, -0.25) is 20.4 Å². The van der Waals surface area contributed by atoms with E-state index in [4.69, 9.17) is 4.84 Å². The van der Waals surface area contributed by atoms with Gasteiger partial charge in [0.2, 0.25) is 6.10 Å². The summed E-state index contributed by atoms with van der Waals surface area (Å²) in [4.78, 5) is 31.6. The monoisotopic (exact) mass is 401 g/mol. The molecule has 1 aromatic heterocycles. The molecule has 1 aliphatic heterocycles. The van der Waals surface area contributed by atoms with Crippen LogP contribution in [-0.4, -0.2) is 23.6 Å². The van der Waals surface area contributed by atoms with Crippen LogP contribution in [0.15, 0.2) is 35.5 Å². The molecular formula is C20H20FN3O3S. The number of thiophene rings is 1. The van der Waals surface area contributed by atoms with Crippen LogP contribution in [0.1, 0.15) is 51.4 Å². The topological polar surface area (TPSA) is 79.8 Å². The summed E-state index contributed by atoms with van der Waals surface area (Å²) in [5, 5.41) is 3.87. The minimum Gasteiger partial charge on any atom is -0.382 e. The summed E-state index contributed by atoms with van der Waals surface area (Å²) in [5.74, 6) is -1.22. The Morgan fingerprint density at radius 2 is 2.00 bits per heavy atom. The number of oxime groups is 1. The molecule has 0 saturated carbocycles. The van der Waals surface area contributed by atoms with Gasteiger partial charge < -0.3 is 4.84 Å². The average Bonchev–Trinajstić information content (AvgIpc) is 3.29. The highest BCUT2D eigenvalue weighted by Crippen LogP contribution is 2.28. The quantitative estimate of drug-likeness (QED) is 0.613. The van der Waals surface area contributed by atoms with E-state index in [-0.39, 0.29) is 18.1 Å². The lowest BCUT2D eigenvalue weighted by atomic mass is 10.0. The van der Waals surface area contributed by atoms with Crippen LogP contribution in [0.4, 0.5) is 4.39 Å². The van der Waals surface area contributed by atoms with Crippen LogP contribution >= 0.6 is 11.3 Å². The van der Waals surface area contributed by atoms with Crippen LogP contribution in [0.3, 0.4) is 0 Å². The van der Waals surface area contributed by atoms with Crippen molar-refractivity contribution in [2.24, 2.45) is 5.16 Å². The van der Waals surface area contributed by atoms with Gasteiger partial charge in [0, 0.05) is 16.9 Å². The van der Waals surface area contributed by atoms with Crippen LogP contribution in [-0.2, 0) is 22.5 Å². The number of hydrogen-bond donors (Lipinski definition) is 2. The number of aryl methyl sites for hydroxylation is 2.